The van der Waals surface area contributed by atoms with Crippen molar-refractivity contribution >= 4 is 21.5 Å². The minimum atomic E-state index is 0.647. The molecule has 1 aromatic heterocycles. The molecule has 0 fully saturated rings. The molecule has 0 aliphatic heterocycles. The van der Waals surface area contributed by atoms with Gasteiger partial charge in [0.15, 0.2) is 0 Å². The fraction of sp³-hybridized carbons (Fsp3) is 0.0952. The highest BCUT2D eigenvalue weighted by Crippen LogP contribution is 2.32. The molecule has 0 unspecified atom stereocenters. The molecule has 0 spiro atoms. The number of para-hydroxylation sites is 1. The van der Waals surface area contributed by atoms with Crippen LogP contribution in [0.15, 0.2) is 66.9 Å². The molecular weight excluding hydrogens is 282 g/mol. The summed E-state index contributed by atoms with van der Waals surface area (Å²) in [4.78, 5) is 4.43. The number of benzene rings is 3. The number of aryl methyl sites for hydroxylation is 2. The van der Waals surface area contributed by atoms with Crippen molar-refractivity contribution in [2.24, 2.45) is 0 Å². The van der Waals surface area contributed by atoms with Gasteiger partial charge in [0.2, 0.25) is 5.88 Å². The zero-order valence-corrected chi connectivity index (χ0v) is 13.2. The lowest BCUT2D eigenvalue weighted by Gasteiger charge is -2.10. The van der Waals surface area contributed by atoms with E-state index in [0.717, 1.165) is 16.5 Å². The fourth-order valence-electron chi connectivity index (χ4n) is 2.85. The summed E-state index contributed by atoms with van der Waals surface area (Å²) >= 11 is 0. The van der Waals surface area contributed by atoms with Crippen LogP contribution in [0.25, 0.3) is 21.5 Å². The summed E-state index contributed by atoms with van der Waals surface area (Å²) in [5, 5.41) is 4.64. The Hall–Kier alpha value is -2.87. The molecule has 0 saturated heterocycles. The van der Waals surface area contributed by atoms with E-state index in [2.05, 4.69) is 43.1 Å². The second-order valence-electron chi connectivity index (χ2n) is 5.89. The maximum atomic E-state index is 5.98. The van der Waals surface area contributed by atoms with Gasteiger partial charge in [0, 0.05) is 11.6 Å². The fourth-order valence-corrected chi connectivity index (χ4v) is 2.85. The summed E-state index contributed by atoms with van der Waals surface area (Å²) in [6.07, 6.45) is 1.80. The SMILES string of the molecule is Cc1cc2cc3ccnc(Oc4ccccc4)c3cc2cc1C. The summed E-state index contributed by atoms with van der Waals surface area (Å²) in [5.41, 5.74) is 2.61. The van der Waals surface area contributed by atoms with E-state index >= 15 is 0 Å². The van der Waals surface area contributed by atoms with Crippen LogP contribution in [0.3, 0.4) is 0 Å². The minimum Gasteiger partial charge on any atom is -0.438 e. The molecule has 0 amide bonds. The Labute approximate surface area is 135 Å². The number of rotatable bonds is 2. The van der Waals surface area contributed by atoms with Crippen LogP contribution in [0.2, 0.25) is 0 Å². The van der Waals surface area contributed by atoms with Crippen LogP contribution in [0.4, 0.5) is 0 Å². The van der Waals surface area contributed by atoms with Gasteiger partial charge in [-0.1, -0.05) is 30.3 Å². The van der Waals surface area contributed by atoms with Crippen LogP contribution in [0.5, 0.6) is 11.6 Å². The maximum absolute atomic E-state index is 5.98. The number of fused-ring (bicyclic) bond motifs is 2. The summed E-state index contributed by atoms with van der Waals surface area (Å²) in [5.74, 6) is 1.45. The first kappa shape index (κ1) is 13.8. The van der Waals surface area contributed by atoms with Gasteiger partial charge >= 0.3 is 0 Å². The van der Waals surface area contributed by atoms with Crippen molar-refractivity contribution in [1.82, 2.24) is 4.98 Å². The second-order valence-corrected chi connectivity index (χ2v) is 5.89. The molecular formula is C21H17NO. The minimum absolute atomic E-state index is 0.647. The average Bonchev–Trinajstić information content (AvgIpc) is 2.56. The zero-order valence-electron chi connectivity index (χ0n) is 13.2. The first-order valence-electron chi connectivity index (χ1n) is 7.73. The lowest BCUT2D eigenvalue weighted by atomic mass is 10.00. The van der Waals surface area contributed by atoms with Crippen LogP contribution >= 0.6 is 0 Å². The summed E-state index contributed by atoms with van der Waals surface area (Å²) in [7, 11) is 0. The molecule has 0 radical (unpaired) electrons. The third kappa shape index (κ3) is 2.53. The second kappa shape index (κ2) is 5.40. The summed E-state index contributed by atoms with van der Waals surface area (Å²) in [6.45, 7) is 4.29. The summed E-state index contributed by atoms with van der Waals surface area (Å²) < 4.78 is 5.98. The third-order valence-electron chi connectivity index (χ3n) is 4.26. The molecule has 4 rings (SSSR count). The standard InChI is InChI=1S/C21H17NO/c1-14-10-17-12-16-8-9-22-21(23-19-6-4-3-5-7-19)20(16)13-18(17)11-15(14)2/h3-13H,1-2H3. The molecule has 1 heterocycles. The van der Waals surface area contributed by atoms with Gasteiger partial charge in [0.1, 0.15) is 5.75 Å². The smallest absolute Gasteiger partial charge is 0.227 e. The Morgan fingerprint density at radius 2 is 1.43 bits per heavy atom. The molecule has 3 aromatic carbocycles. The molecule has 0 N–H and O–H groups in total. The van der Waals surface area contributed by atoms with E-state index in [1.165, 1.54) is 21.9 Å². The van der Waals surface area contributed by atoms with Gasteiger partial charge in [0.05, 0.1) is 0 Å². The van der Waals surface area contributed by atoms with Gasteiger partial charge in [-0.2, -0.15) is 0 Å². The largest absolute Gasteiger partial charge is 0.438 e. The van der Waals surface area contributed by atoms with Crippen molar-refractivity contribution in [1.29, 1.82) is 0 Å². The summed E-state index contributed by atoms with van der Waals surface area (Å²) in [6, 6.07) is 20.6. The molecule has 2 heteroatoms. The van der Waals surface area contributed by atoms with Crippen molar-refractivity contribution in [3.05, 3.63) is 78.0 Å². The van der Waals surface area contributed by atoms with E-state index in [1.807, 2.05) is 36.4 Å². The molecule has 112 valence electrons. The Kier molecular flexibility index (Phi) is 3.23. The molecule has 0 aliphatic rings. The third-order valence-corrected chi connectivity index (χ3v) is 4.26. The molecule has 0 aliphatic carbocycles. The highest BCUT2D eigenvalue weighted by atomic mass is 16.5. The van der Waals surface area contributed by atoms with Crippen LogP contribution < -0.4 is 4.74 Å². The van der Waals surface area contributed by atoms with E-state index in [4.69, 9.17) is 4.74 Å². The van der Waals surface area contributed by atoms with Gasteiger partial charge in [-0.05, 0) is 71.5 Å². The Balaban J connectivity index is 1.91. The van der Waals surface area contributed by atoms with Crippen molar-refractivity contribution < 1.29 is 4.74 Å². The van der Waals surface area contributed by atoms with Crippen molar-refractivity contribution in [3.63, 3.8) is 0 Å². The molecule has 0 saturated carbocycles. The number of pyridine rings is 1. The quantitative estimate of drug-likeness (QED) is 0.437. The van der Waals surface area contributed by atoms with E-state index in [0.29, 0.717) is 5.88 Å². The van der Waals surface area contributed by atoms with Crippen LogP contribution in [0.1, 0.15) is 11.1 Å². The van der Waals surface area contributed by atoms with Crippen LogP contribution in [-0.4, -0.2) is 4.98 Å². The van der Waals surface area contributed by atoms with Gasteiger partial charge in [-0.15, -0.1) is 0 Å². The lowest BCUT2D eigenvalue weighted by molar-refractivity contribution is 0.469. The van der Waals surface area contributed by atoms with Crippen LogP contribution in [0, 0.1) is 13.8 Å². The highest BCUT2D eigenvalue weighted by Gasteiger charge is 2.07. The van der Waals surface area contributed by atoms with Gasteiger partial charge in [-0.25, -0.2) is 4.98 Å². The average molecular weight is 299 g/mol. The maximum Gasteiger partial charge on any atom is 0.227 e. The predicted octanol–water partition coefficient (Wildman–Crippen LogP) is 5.80. The molecule has 2 nitrogen and oxygen atoms in total. The van der Waals surface area contributed by atoms with Gasteiger partial charge < -0.3 is 4.74 Å². The van der Waals surface area contributed by atoms with E-state index < -0.39 is 0 Å². The lowest BCUT2D eigenvalue weighted by Crippen LogP contribution is -1.90. The number of hydrogen-bond donors (Lipinski definition) is 0. The van der Waals surface area contributed by atoms with Crippen LogP contribution in [-0.2, 0) is 0 Å². The predicted molar refractivity (Wildman–Crippen MR) is 95.2 cm³/mol. The van der Waals surface area contributed by atoms with Crippen molar-refractivity contribution in [3.8, 4) is 11.6 Å². The first-order chi connectivity index (χ1) is 11.2. The van der Waals surface area contributed by atoms with Crippen molar-refractivity contribution in [2.75, 3.05) is 0 Å². The zero-order chi connectivity index (χ0) is 15.8. The van der Waals surface area contributed by atoms with E-state index in [1.54, 1.807) is 6.20 Å². The Bertz CT molecular complexity index is 1010. The molecule has 0 bridgehead atoms. The Morgan fingerprint density at radius 3 is 2.17 bits per heavy atom. The van der Waals surface area contributed by atoms with Crippen molar-refractivity contribution in [2.45, 2.75) is 13.8 Å². The number of aromatic nitrogens is 1. The first-order valence-corrected chi connectivity index (χ1v) is 7.73. The van der Waals surface area contributed by atoms with E-state index in [-0.39, 0.29) is 0 Å². The monoisotopic (exact) mass is 299 g/mol. The topological polar surface area (TPSA) is 22.1 Å². The molecule has 0 atom stereocenters. The number of hydrogen-bond acceptors (Lipinski definition) is 2. The highest BCUT2D eigenvalue weighted by molar-refractivity contribution is 6.00. The number of nitrogens with zero attached hydrogens (tertiary/aromatic N) is 1. The molecule has 23 heavy (non-hydrogen) atoms. The molecule has 4 aromatic rings. The normalized spacial score (nSPS) is 11.0. The number of ether oxygens (including phenoxy) is 1. The van der Waals surface area contributed by atoms with E-state index in [9.17, 15) is 0 Å². The van der Waals surface area contributed by atoms with Gasteiger partial charge in [-0.3, -0.25) is 0 Å². The van der Waals surface area contributed by atoms with Gasteiger partial charge in [0.25, 0.3) is 0 Å². The Morgan fingerprint density at radius 1 is 0.739 bits per heavy atom.